The van der Waals surface area contributed by atoms with Crippen LogP contribution in [0.15, 0.2) is 28.8 Å². The maximum atomic E-state index is 5.85. The number of methoxy groups -OCH3 is 1. The fraction of sp³-hybridized carbons (Fsp3) is 0.357. The van der Waals surface area contributed by atoms with E-state index in [9.17, 15) is 0 Å². The van der Waals surface area contributed by atoms with Crippen LogP contribution in [-0.4, -0.2) is 18.9 Å². The minimum atomic E-state index is 0.366. The number of anilines is 1. The van der Waals surface area contributed by atoms with E-state index in [0.29, 0.717) is 18.9 Å². The molecule has 1 heterocycles. The van der Waals surface area contributed by atoms with Crippen molar-refractivity contribution < 1.29 is 9.26 Å². The van der Waals surface area contributed by atoms with E-state index in [4.69, 9.17) is 15.0 Å². The molecule has 0 fully saturated rings. The molecule has 96 valence electrons. The summed E-state index contributed by atoms with van der Waals surface area (Å²) in [5.41, 5.74) is 9.91. The SMILES string of the molecule is CCc1ccc(-c2c(CCOC)noc2N)cc1. The molecule has 0 saturated heterocycles. The third-order valence-electron chi connectivity index (χ3n) is 2.98. The van der Waals surface area contributed by atoms with Crippen LogP contribution in [0.5, 0.6) is 0 Å². The van der Waals surface area contributed by atoms with Crippen LogP contribution in [0.25, 0.3) is 11.1 Å². The van der Waals surface area contributed by atoms with E-state index in [0.717, 1.165) is 23.2 Å². The highest BCUT2D eigenvalue weighted by atomic mass is 16.5. The fourth-order valence-electron chi connectivity index (χ4n) is 1.92. The smallest absolute Gasteiger partial charge is 0.230 e. The zero-order valence-corrected chi connectivity index (χ0v) is 10.8. The lowest BCUT2D eigenvalue weighted by Gasteiger charge is -2.03. The second-order valence-corrected chi connectivity index (χ2v) is 4.16. The number of ether oxygens (including phenoxy) is 1. The molecule has 0 spiro atoms. The molecule has 0 radical (unpaired) electrons. The van der Waals surface area contributed by atoms with Gasteiger partial charge in [-0.3, -0.25) is 0 Å². The first kappa shape index (κ1) is 12.6. The topological polar surface area (TPSA) is 61.3 Å². The Hall–Kier alpha value is -1.81. The summed E-state index contributed by atoms with van der Waals surface area (Å²) < 4.78 is 10.1. The lowest BCUT2D eigenvalue weighted by molar-refractivity contribution is 0.200. The van der Waals surface area contributed by atoms with E-state index in [1.165, 1.54) is 5.56 Å². The average molecular weight is 246 g/mol. The van der Waals surface area contributed by atoms with Gasteiger partial charge in [0.15, 0.2) is 0 Å². The zero-order chi connectivity index (χ0) is 13.0. The summed E-state index contributed by atoms with van der Waals surface area (Å²) in [4.78, 5) is 0. The summed E-state index contributed by atoms with van der Waals surface area (Å²) in [6.45, 7) is 2.73. The molecule has 0 bridgehead atoms. The van der Waals surface area contributed by atoms with Crippen molar-refractivity contribution in [2.75, 3.05) is 19.5 Å². The molecule has 4 heteroatoms. The van der Waals surface area contributed by atoms with Gasteiger partial charge in [0.1, 0.15) is 0 Å². The number of benzene rings is 1. The molecule has 2 N–H and O–H groups in total. The van der Waals surface area contributed by atoms with Crippen LogP contribution >= 0.6 is 0 Å². The molecule has 0 atom stereocenters. The molecule has 2 rings (SSSR count). The molecule has 0 aliphatic rings. The van der Waals surface area contributed by atoms with E-state index in [1.54, 1.807) is 7.11 Å². The number of aryl methyl sites for hydroxylation is 1. The number of hydrogen-bond donors (Lipinski definition) is 1. The zero-order valence-electron chi connectivity index (χ0n) is 10.8. The quantitative estimate of drug-likeness (QED) is 0.881. The van der Waals surface area contributed by atoms with Crippen molar-refractivity contribution >= 4 is 5.88 Å². The van der Waals surface area contributed by atoms with Crippen molar-refractivity contribution in [1.29, 1.82) is 0 Å². The van der Waals surface area contributed by atoms with Gasteiger partial charge in [0.2, 0.25) is 5.88 Å². The summed E-state index contributed by atoms with van der Waals surface area (Å²) in [6.07, 6.45) is 1.72. The van der Waals surface area contributed by atoms with E-state index < -0.39 is 0 Å². The van der Waals surface area contributed by atoms with Gasteiger partial charge in [-0.05, 0) is 17.5 Å². The van der Waals surface area contributed by atoms with Crippen LogP contribution in [0.1, 0.15) is 18.2 Å². The Labute approximate surface area is 107 Å². The first-order valence-electron chi connectivity index (χ1n) is 6.08. The van der Waals surface area contributed by atoms with Gasteiger partial charge >= 0.3 is 0 Å². The van der Waals surface area contributed by atoms with Crippen molar-refractivity contribution in [3.05, 3.63) is 35.5 Å². The largest absolute Gasteiger partial charge is 0.384 e. The van der Waals surface area contributed by atoms with Gasteiger partial charge in [-0.2, -0.15) is 0 Å². The van der Waals surface area contributed by atoms with Crippen LogP contribution < -0.4 is 5.73 Å². The summed E-state index contributed by atoms with van der Waals surface area (Å²) in [5, 5.41) is 3.99. The molecule has 1 aromatic heterocycles. The van der Waals surface area contributed by atoms with Crippen LogP contribution in [0.3, 0.4) is 0 Å². The predicted octanol–water partition coefficient (Wildman–Crippen LogP) is 2.68. The second-order valence-electron chi connectivity index (χ2n) is 4.16. The van der Waals surface area contributed by atoms with Crippen molar-refractivity contribution in [2.45, 2.75) is 19.8 Å². The fourth-order valence-corrected chi connectivity index (χ4v) is 1.92. The third kappa shape index (κ3) is 2.54. The van der Waals surface area contributed by atoms with Crippen LogP contribution in [0, 0.1) is 0 Å². The van der Waals surface area contributed by atoms with Gasteiger partial charge in [0.25, 0.3) is 0 Å². The monoisotopic (exact) mass is 246 g/mol. The molecule has 1 aromatic carbocycles. The number of nitrogens with two attached hydrogens (primary N) is 1. The van der Waals surface area contributed by atoms with Gasteiger partial charge in [-0.15, -0.1) is 0 Å². The summed E-state index contributed by atoms with van der Waals surface area (Å²) in [5.74, 6) is 0.366. The molecule has 2 aromatic rings. The Kier molecular flexibility index (Phi) is 3.99. The Morgan fingerprint density at radius 3 is 2.61 bits per heavy atom. The summed E-state index contributed by atoms with van der Waals surface area (Å²) in [7, 11) is 1.67. The summed E-state index contributed by atoms with van der Waals surface area (Å²) in [6, 6.07) is 8.31. The van der Waals surface area contributed by atoms with Gasteiger partial charge in [-0.25, -0.2) is 0 Å². The van der Waals surface area contributed by atoms with E-state index >= 15 is 0 Å². The number of hydrogen-bond acceptors (Lipinski definition) is 4. The standard InChI is InChI=1S/C14H18N2O2/c1-3-10-4-6-11(7-5-10)13-12(8-9-17-2)16-18-14(13)15/h4-7H,3,8-9,15H2,1-2H3. The van der Waals surface area contributed by atoms with Crippen molar-refractivity contribution in [3.63, 3.8) is 0 Å². The number of nitrogen functional groups attached to an aromatic ring is 1. The Balaban J connectivity index is 2.32. The first-order valence-corrected chi connectivity index (χ1v) is 6.08. The van der Waals surface area contributed by atoms with Gasteiger partial charge in [0.05, 0.1) is 17.9 Å². The minimum Gasteiger partial charge on any atom is -0.384 e. The van der Waals surface area contributed by atoms with Gasteiger partial charge in [-0.1, -0.05) is 36.3 Å². The predicted molar refractivity (Wildman–Crippen MR) is 71.3 cm³/mol. The number of nitrogens with zero attached hydrogens (tertiary/aromatic N) is 1. The Morgan fingerprint density at radius 2 is 2.00 bits per heavy atom. The number of aromatic nitrogens is 1. The normalized spacial score (nSPS) is 10.8. The number of rotatable bonds is 5. The molecule has 0 aliphatic carbocycles. The molecular formula is C14H18N2O2. The Morgan fingerprint density at radius 1 is 1.28 bits per heavy atom. The highest BCUT2D eigenvalue weighted by molar-refractivity contribution is 5.75. The van der Waals surface area contributed by atoms with Crippen LogP contribution in [0.2, 0.25) is 0 Å². The van der Waals surface area contributed by atoms with Crippen molar-refractivity contribution in [1.82, 2.24) is 5.16 Å². The van der Waals surface area contributed by atoms with Crippen molar-refractivity contribution in [2.24, 2.45) is 0 Å². The van der Waals surface area contributed by atoms with E-state index in [-0.39, 0.29) is 0 Å². The maximum Gasteiger partial charge on any atom is 0.230 e. The second kappa shape index (κ2) is 5.69. The lowest BCUT2D eigenvalue weighted by Crippen LogP contribution is -1.97. The molecule has 0 amide bonds. The lowest BCUT2D eigenvalue weighted by atomic mass is 10.0. The van der Waals surface area contributed by atoms with Crippen molar-refractivity contribution in [3.8, 4) is 11.1 Å². The highest BCUT2D eigenvalue weighted by Crippen LogP contribution is 2.30. The maximum absolute atomic E-state index is 5.85. The average Bonchev–Trinajstić information content (AvgIpc) is 2.77. The van der Waals surface area contributed by atoms with E-state index in [2.05, 4.69) is 36.3 Å². The minimum absolute atomic E-state index is 0.366. The molecule has 0 saturated carbocycles. The molecule has 0 unspecified atom stereocenters. The Bertz CT molecular complexity index is 503. The van der Waals surface area contributed by atoms with Gasteiger partial charge < -0.3 is 15.0 Å². The molecule has 0 aliphatic heterocycles. The van der Waals surface area contributed by atoms with Gasteiger partial charge in [0, 0.05) is 13.5 Å². The van der Waals surface area contributed by atoms with E-state index in [1.807, 2.05) is 0 Å². The summed E-state index contributed by atoms with van der Waals surface area (Å²) >= 11 is 0. The van der Waals surface area contributed by atoms with Crippen LogP contribution in [-0.2, 0) is 17.6 Å². The first-order chi connectivity index (χ1) is 8.76. The molecular weight excluding hydrogens is 228 g/mol. The molecule has 18 heavy (non-hydrogen) atoms. The molecule has 4 nitrogen and oxygen atoms in total. The van der Waals surface area contributed by atoms with Crippen LogP contribution in [0.4, 0.5) is 5.88 Å². The third-order valence-corrected chi connectivity index (χ3v) is 2.98. The highest BCUT2D eigenvalue weighted by Gasteiger charge is 2.15.